The number of aromatic nitrogens is 4. The molecular formula is C23H20N6O2. The molecule has 1 aliphatic heterocycles. The molecule has 31 heavy (non-hydrogen) atoms. The number of fused-ring (bicyclic) bond motifs is 2. The fourth-order valence-electron chi connectivity index (χ4n) is 4.00. The van der Waals surface area contributed by atoms with Gasteiger partial charge in [0.25, 0.3) is 5.56 Å². The summed E-state index contributed by atoms with van der Waals surface area (Å²) < 4.78 is 7.65. The van der Waals surface area contributed by atoms with Gasteiger partial charge in [-0.25, -0.2) is 15.0 Å². The molecule has 1 fully saturated rings. The van der Waals surface area contributed by atoms with Crippen molar-refractivity contribution in [1.29, 1.82) is 5.26 Å². The van der Waals surface area contributed by atoms with Gasteiger partial charge in [0, 0.05) is 39.0 Å². The summed E-state index contributed by atoms with van der Waals surface area (Å²) in [6.45, 7) is 1.43. The molecule has 0 saturated carbocycles. The van der Waals surface area contributed by atoms with Crippen molar-refractivity contribution in [3.63, 3.8) is 0 Å². The Balaban J connectivity index is 1.36. The fourth-order valence-corrected chi connectivity index (χ4v) is 4.00. The average Bonchev–Trinajstić information content (AvgIpc) is 2.81. The second-order valence-corrected chi connectivity index (χ2v) is 7.60. The lowest BCUT2D eigenvalue weighted by molar-refractivity contribution is 0.164. The summed E-state index contributed by atoms with van der Waals surface area (Å²) in [5.74, 6) is 0.525. The molecular weight excluding hydrogens is 392 g/mol. The van der Waals surface area contributed by atoms with Crippen LogP contribution in [0.5, 0.6) is 5.88 Å². The van der Waals surface area contributed by atoms with Crippen LogP contribution in [0.15, 0.2) is 53.5 Å². The first kappa shape index (κ1) is 19.0. The predicted octanol–water partition coefficient (Wildman–Crippen LogP) is 2.80. The Hall–Kier alpha value is -3.99. The topological polar surface area (TPSA) is 96.9 Å². The van der Waals surface area contributed by atoms with Crippen LogP contribution in [-0.2, 0) is 7.05 Å². The molecule has 0 N–H and O–H groups in total. The maximum Gasteiger partial charge on any atom is 0.252 e. The largest absolute Gasteiger partial charge is 0.473 e. The molecule has 0 amide bonds. The minimum Gasteiger partial charge on any atom is -0.473 e. The molecule has 3 aromatic heterocycles. The molecule has 0 radical (unpaired) electrons. The highest BCUT2D eigenvalue weighted by Gasteiger charge is 2.24. The van der Waals surface area contributed by atoms with Crippen LogP contribution in [0.1, 0.15) is 18.5 Å². The molecule has 4 heterocycles. The van der Waals surface area contributed by atoms with Crippen LogP contribution in [0.4, 0.5) is 5.69 Å². The quantitative estimate of drug-likeness (QED) is 0.510. The summed E-state index contributed by atoms with van der Waals surface area (Å²) in [6, 6.07) is 14.8. The van der Waals surface area contributed by atoms with Gasteiger partial charge in [-0.15, -0.1) is 0 Å². The third kappa shape index (κ3) is 3.55. The number of piperidine rings is 1. The zero-order valence-corrected chi connectivity index (χ0v) is 17.0. The molecule has 0 aliphatic carbocycles. The monoisotopic (exact) mass is 412 g/mol. The average molecular weight is 412 g/mol. The summed E-state index contributed by atoms with van der Waals surface area (Å²) in [6.07, 6.45) is 3.25. The van der Waals surface area contributed by atoms with Gasteiger partial charge in [0.05, 0.1) is 28.4 Å². The highest BCUT2D eigenvalue weighted by atomic mass is 16.5. The van der Waals surface area contributed by atoms with E-state index in [0.717, 1.165) is 29.6 Å². The van der Waals surface area contributed by atoms with E-state index in [1.165, 1.54) is 0 Å². The molecule has 4 aromatic rings. The summed E-state index contributed by atoms with van der Waals surface area (Å²) in [4.78, 5) is 28.0. The van der Waals surface area contributed by atoms with Crippen LogP contribution in [-0.4, -0.2) is 38.7 Å². The fraction of sp³-hybridized carbons (Fsp3) is 0.261. The summed E-state index contributed by atoms with van der Waals surface area (Å²) in [5.41, 5.74) is 4.03. The number of hydrogen-bond donors (Lipinski definition) is 0. The minimum atomic E-state index is -0.0983. The maximum atomic E-state index is 12.5. The standard InChI is InChI=1S/C23H20N6O2/c1-28-19-7-6-15(13-24)26-23(19)20(12-22(28)30)29-10-8-16(9-11-29)31-21-14-25-17-4-2-3-5-18(17)27-21/h2-7,12,14,16H,8-11H2,1H3. The molecule has 1 aliphatic rings. The number of rotatable bonds is 3. The Labute approximate surface area is 178 Å². The van der Waals surface area contributed by atoms with Crippen molar-refractivity contribution in [3.8, 4) is 11.9 Å². The lowest BCUT2D eigenvalue weighted by atomic mass is 10.1. The van der Waals surface area contributed by atoms with Crippen molar-refractivity contribution >= 4 is 27.8 Å². The van der Waals surface area contributed by atoms with Crippen molar-refractivity contribution in [2.24, 2.45) is 7.05 Å². The smallest absolute Gasteiger partial charge is 0.252 e. The summed E-state index contributed by atoms with van der Waals surface area (Å²) in [5, 5.41) is 9.24. The van der Waals surface area contributed by atoms with E-state index >= 15 is 0 Å². The Morgan fingerprint density at radius 3 is 2.65 bits per heavy atom. The molecule has 1 saturated heterocycles. The number of benzene rings is 1. The van der Waals surface area contributed by atoms with Gasteiger partial charge in [-0.05, 0) is 24.3 Å². The van der Waals surface area contributed by atoms with Crippen LogP contribution < -0.4 is 15.2 Å². The van der Waals surface area contributed by atoms with E-state index in [0.29, 0.717) is 35.7 Å². The second-order valence-electron chi connectivity index (χ2n) is 7.60. The second kappa shape index (κ2) is 7.69. The molecule has 0 atom stereocenters. The van der Waals surface area contributed by atoms with Gasteiger partial charge in [-0.3, -0.25) is 4.79 Å². The minimum absolute atomic E-state index is 0.0205. The normalized spacial score (nSPS) is 14.6. The highest BCUT2D eigenvalue weighted by molar-refractivity contribution is 5.88. The molecule has 8 heteroatoms. The molecule has 0 spiro atoms. The number of nitrogens with zero attached hydrogens (tertiary/aromatic N) is 6. The van der Waals surface area contributed by atoms with Gasteiger partial charge in [0.15, 0.2) is 0 Å². The van der Waals surface area contributed by atoms with E-state index in [1.54, 1.807) is 36.0 Å². The molecule has 0 bridgehead atoms. The maximum absolute atomic E-state index is 12.5. The van der Waals surface area contributed by atoms with Gasteiger partial charge < -0.3 is 14.2 Å². The third-order valence-electron chi connectivity index (χ3n) is 5.68. The number of para-hydroxylation sites is 2. The van der Waals surface area contributed by atoms with Crippen molar-refractivity contribution in [2.45, 2.75) is 18.9 Å². The first-order chi connectivity index (χ1) is 15.1. The molecule has 154 valence electrons. The van der Waals surface area contributed by atoms with Crippen LogP contribution in [0.2, 0.25) is 0 Å². The van der Waals surface area contributed by atoms with Gasteiger partial charge in [-0.2, -0.15) is 5.26 Å². The Kier molecular flexibility index (Phi) is 4.71. The predicted molar refractivity (Wildman–Crippen MR) is 117 cm³/mol. The van der Waals surface area contributed by atoms with Crippen LogP contribution in [0.3, 0.4) is 0 Å². The Morgan fingerprint density at radius 2 is 1.87 bits per heavy atom. The van der Waals surface area contributed by atoms with Crippen molar-refractivity contribution in [2.75, 3.05) is 18.0 Å². The van der Waals surface area contributed by atoms with Gasteiger partial charge >= 0.3 is 0 Å². The van der Waals surface area contributed by atoms with E-state index in [4.69, 9.17) is 4.74 Å². The highest BCUT2D eigenvalue weighted by Crippen LogP contribution is 2.27. The molecule has 0 unspecified atom stereocenters. The van der Waals surface area contributed by atoms with Crippen LogP contribution >= 0.6 is 0 Å². The SMILES string of the molecule is Cn1c(=O)cc(N2CCC(Oc3cnc4ccccc4n3)CC2)c2nc(C#N)ccc21. The number of ether oxygens (including phenoxy) is 1. The zero-order valence-electron chi connectivity index (χ0n) is 17.0. The molecule has 8 nitrogen and oxygen atoms in total. The number of anilines is 1. The van der Waals surface area contributed by atoms with Gasteiger partial charge in [-0.1, -0.05) is 12.1 Å². The lowest BCUT2D eigenvalue weighted by Gasteiger charge is -2.33. The molecule has 1 aromatic carbocycles. The lowest BCUT2D eigenvalue weighted by Crippen LogP contribution is -2.39. The van der Waals surface area contributed by atoms with E-state index < -0.39 is 0 Å². The zero-order chi connectivity index (χ0) is 21.4. The summed E-state index contributed by atoms with van der Waals surface area (Å²) in [7, 11) is 1.72. The Morgan fingerprint density at radius 1 is 1.10 bits per heavy atom. The number of pyridine rings is 2. The number of aryl methyl sites for hydroxylation is 1. The van der Waals surface area contributed by atoms with Crippen LogP contribution in [0, 0.1) is 11.3 Å². The molecule has 5 rings (SSSR count). The first-order valence-electron chi connectivity index (χ1n) is 10.2. The van der Waals surface area contributed by atoms with E-state index in [-0.39, 0.29) is 11.7 Å². The van der Waals surface area contributed by atoms with E-state index in [2.05, 4.69) is 25.9 Å². The summed E-state index contributed by atoms with van der Waals surface area (Å²) >= 11 is 0. The number of nitriles is 1. The van der Waals surface area contributed by atoms with Gasteiger partial charge in [0.2, 0.25) is 5.88 Å². The van der Waals surface area contributed by atoms with Crippen molar-refractivity contribution in [3.05, 3.63) is 64.7 Å². The van der Waals surface area contributed by atoms with Crippen LogP contribution in [0.25, 0.3) is 22.1 Å². The van der Waals surface area contributed by atoms with E-state index in [1.807, 2.05) is 24.3 Å². The number of hydrogen-bond acceptors (Lipinski definition) is 7. The Bertz CT molecular complexity index is 1380. The first-order valence-corrected chi connectivity index (χ1v) is 10.2. The van der Waals surface area contributed by atoms with Crippen molar-refractivity contribution in [1.82, 2.24) is 19.5 Å². The third-order valence-corrected chi connectivity index (χ3v) is 5.68. The van der Waals surface area contributed by atoms with Crippen molar-refractivity contribution < 1.29 is 4.74 Å². The van der Waals surface area contributed by atoms with Gasteiger partial charge in [0.1, 0.15) is 23.4 Å². The van der Waals surface area contributed by atoms with E-state index in [9.17, 15) is 10.1 Å².